The molecule has 5 nitrogen and oxygen atoms in total. The molecule has 130 valence electrons. The van der Waals surface area contributed by atoms with Gasteiger partial charge in [-0.1, -0.05) is 24.3 Å². The Kier molecular flexibility index (Phi) is 5.31. The van der Waals surface area contributed by atoms with E-state index in [0.717, 1.165) is 11.4 Å². The number of carbonyl (C=O) groups is 1. The van der Waals surface area contributed by atoms with Crippen LogP contribution in [0.3, 0.4) is 0 Å². The van der Waals surface area contributed by atoms with Gasteiger partial charge in [0.25, 0.3) is 5.91 Å². The van der Waals surface area contributed by atoms with E-state index in [-0.39, 0.29) is 11.9 Å². The highest BCUT2D eigenvalue weighted by Crippen LogP contribution is 2.22. The van der Waals surface area contributed by atoms with Crippen molar-refractivity contribution in [1.29, 1.82) is 0 Å². The lowest BCUT2D eigenvalue weighted by atomic mass is 10.2. The largest absolute Gasteiger partial charge is 0.350 e. The number of aromatic nitrogens is 2. The van der Waals surface area contributed by atoms with Gasteiger partial charge < -0.3 is 10.2 Å². The van der Waals surface area contributed by atoms with Crippen LogP contribution in [0.1, 0.15) is 27.0 Å². The lowest BCUT2D eigenvalue weighted by Crippen LogP contribution is -2.34. The number of hydrogen-bond donors (Lipinski definition) is 1. The number of amides is 1. The Morgan fingerprint density at radius 2 is 2.00 bits per heavy atom. The van der Waals surface area contributed by atoms with E-state index < -0.39 is 0 Å². The van der Waals surface area contributed by atoms with Gasteiger partial charge in [-0.15, -0.1) is 11.3 Å². The number of likely N-dealkylation sites (N-methyl/N-ethyl adjacent to an activating group) is 1. The van der Waals surface area contributed by atoms with E-state index in [0.29, 0.717) is 12.1 Å². The molecule has 0 aliphatic carbocycles. The molecule has 0 spiro atoms. The molecular weight excluding hydrogens is 332 g/mol. The molecule has 6 heteroatoms. The molecule has 3 rings (SSSR count). The van der Waals surface area contributed by atoms with Crippen molar-refractivity contribution in [2.45, 2.75) is 13.0 Å². The molecule has 1 aromatic carbocycles. The highest BCUT2D eigenvalue weighted by Gasteiger charge is 2.19. The molecule has 0 radical (unpaired) electrons. The zero-order valence-electron chi connectivity index (χ0n) is 14.6. The summed E-state index contributed by atoms with van der Waals surface area (Å²) in [6.07, 6.45) is 1.63. The molecule has 0 aliphatic rings. The van der Waals surface area contributed by atoms with Gasteiger partial charge in [-0.2, -0.15) is 5.10 Å². The highest BCUT2D eigenvalue weighted by molar-refractivity contribution is 7.10. The number of hydrogen-bond acceptors (Lipinski definition) is 4. The van der Waals surface area contributed by atoms with Crippen LogP contribution >= 0.6 is 11.3 Å². The minimum atomic E-state index is -0.0944. The maximum atomic E-state index is 12.6. The summed E-state index contributed by atoms with van der Waals surface area (Å²) in [6.45, 7) is 2.47. The number of benzene rings is 1. The zero-order chi connectivity index (χ0) is 17.8. The van der Waals surface area contributed by atoms with E-state index in [2.05, 4.69) is 26.8 Å². The van der Waals surface area contributed by atoms with E-state index in [9.17, 15) is 4.79 Å². The first-order valence-corrected chi connectivity index (χ1v) is 9.04. The van der Waals surface area contributed by atoms with Crippen LogP contribution in [0.4, 0.5) is 0 Å². The van der Waals surface area contributed by atoms with Gasteiger partial charge in [0, 0.05) is 11.4 Å². The monoisotopic (exact) mass is 354 g/mol. The molecule has 1 atom stereocenters. The third kappa shape index (κ3) is 3.81. The Balaban J connectivity index is 1.73. The van der Waals surface area contributed by atoms with Crippen LogP contribution in [0, 0.1) is 6.92 Å². The number of nitrogens with zero attached hydrogens (tertiary/aromatic N) is 3. The molecule has 2 heterocycles. The minimum Gasteiger partial charge on any atom is -0.350 e. The molecule has 0 saturated heterocycles. The van der Waals surface area contributed by atoms with Crippen molar-refractivity contribution in [2.24, 2.45) is 0 Å². The fourth-order valence-corrected chi connectivity index (χ4v) is 3.69. The predicted molar refractivity (Wildman–Crippen MR) is 101 cm³/mol. The molecule has 2 aromatic heterocycles. The van der Waals surface area contributed by atoms with Gasteiger partial charge in [-0.25, -0.2) is 4.68 Å². The molecule has 0 bridgehead atoms. The Labute approximate surface area is 151 Å². The van der Waals surface area contributed by atoms with E-state index in [1.807, 2.05) is 57.4 Å². The number of nitrogens with one attached hydrogen (secondary N) is 1. The van der Waals surface area contributed by atoms with Crippen molar-refractivity contribution in [3.63, 3.8) is 0 Å². The lowest BCUT2D eigenvalue weighted by molar-refractivity contribution is 0.0941. The second-order valence-electron chi connectivity index (χ2n) is 6.10. The molecule has 25 heavy (non-hydrogen) atoms. The van der Waals surface area contributed by atoms with Crippen molar-refractivity contribution in [3.8, 4) is 5.69 Å². The molecule has 0 saturated carbocycles. The number of rotatable bonds is 6. The Bertz CT molecular complexity index is 824. The zero-order valence-corrected chi connectivity index (χ0v) is 15.5. The Morgan fingerprint density at radius 3 is 2.64 bits per heavy atom. The SMILES string of the molecule is Cc1c(C(=O)NCC(c2cccs2)N(C)C)cnn1-c1ccccc1. The average molecular weight is 354 g/mol. The van der Waals surface area contributed by atoms with Crippen molar-refractivity contribution >= 4 is 17.2 Å². The summed E-state index contributed by atoms with van der Waals surface area (Å²) >= 11 is 1.70. The smallest absolute Gasteiger partial charge is 0.254 e. The van der Waals surface area contributed by atoms with Crippen LogP contribution in [0.5, 0.6) is 0 Å². The summed E-state index contributed by atoms with van der Waals surface area (Å²) < 4.78 is 1.79. The Hall–Kier alpha value is -2.44. The third-order valence-electron chi connectivity index (χ3n) is 4.21. The number of para-hydroxylation sites is 1. The summed E-state index contributed by atoms with van der Waals surface area (Å²) in [7, 11) is 4.05. The van der Waals surface area contributed by atoms with Gasteiger partial charge in [0.05, 0.1) is 29.2 Å². The van der Waals surface area contributed by atoms with E-state index in [1.54, 1.807) is 22.2 Å². The summed E-state index contributed by atoms with van der Waals surface area (Å²) in [5.74, 6) is -0.0944. The first-order chi connectivity index (χ1) is 12.1. The normalized spacial score (nSPS) is 12.3. The topological polar surface area (TPSA) is 50.2 Å². The van der Waals surface area contributed by atoms with Crippen LogP contribution in [-0.2, 0) is 0 Å². The van der Waals surface area contributed by atoms with E-state index in [4.69, 9.17) is 0 Å². The van der Waals surface area contributed by atoms with Crippen LogP contribution in [0.15, 0.2) is 54.0 Å². The maximum Gasteiger partial charge on any atom is 0.254 e. The molecular formula is C19H22N4OS. The summed E-state index contributed by atoms with van der Waals surface area (Å²) in [4.78, 5) is 16.0. The van der Waals surface area contributed by atoms with Crippen LogP contribution in [0.2, 0.25) is 0 Å². The quantitative estimate of drug-likeness (QED) is 0.739. The second kappa shape index (κ2) is 7.63. The molecule has 3 aromatic rings. The predicted octanol–water partition coefficient (Wildman–Crippen LogP) is 3.27. The second-order valence-corrected chi connectivity index (χ2v) is 7.08. The van der Waals surface area contributed by atoms with Gasteiger partial charge in [0.2, 0.25) is 0 Å². The average Bonchev–Trinajstić information content (AvgIpc) is 3.25. The van der Waals surface area contributed by atoms with Gasteiger partial charge >= 0.3 is 0 Å². The first-order valence-electron chi connectivity index (χ1n) is 8.16. The fourth-order valence-electron chi connectivity index (χ4n) is 2.77. The standard InChI is InChI=1S/C19H22N4OS/c1-14-16(12-21-23(14)15-8-5-4-6-9-15)19(24)20-13-17(22(2)3)18-10-7-11-25-18/h4-12,17H,13H2,1-3H3,(H,20,24). The number of thiophene rings is 1. The molecule has 0 aliphatic heterocycles. The minimum absolute atomic E-state index is 0.0944. The third-order valence-corrected chi connectivity index (χ3v) is 5.18. The van der Waals surface area contributed by atoms with E-state index in [1.165, 1.54) is 4.88 Å². The Morgan fingerprint density at radius 1 is 1.24 bits per heavy atom. The molecule has 0 fully saturated rings. The molecule has 1 amide bonds. The van der Waals surface area contributed by atoms with Crippen LogP contribution < -0.4 is 5.32 Å². The van der Waals surface area contributed by atoms with Gasteiger partial charge in [0.15, 0.2) is 0 Å². The van der Waals surface area contributed by atoms with Gasteiger partial charge in [-0.3, -0.25) is 4.79 Å². The van der Waals surface area contributed by atoms with Crippen molar-refractivity contribution in [3.05, 3.63) is 70.2 Å². The van der Waals surface area contributed by atoms with Crippen LogP contribution in [0.25, 0.3) is 5.69 Å². The van der Waals surface area contributed by atoms with Crippen LogP contribution in [-0.4, -0.2) is 41.2 Å². The van der Waals surface area contributed by atoms with E-state index >= 15 is 0 Å². The lowest BCUT2D eigenvalue weighted by Gasteiger charge is -2.23. The maximum absolute atomic E-state index is 12.6. The van der Waals surface area contributed by atoms with Crippen molar-refractivity contribution < 1.29 is 4.79 Å². The van der Waals surface area contributed by atoms with Gasteiger partial charge in [0.1, 0.15) is 0 Å². The summed E-state index contributed by atoms with van der Waals surface area (Å²) in [5.41, 5.74) is 2.39. The highest BCUT2D eigenvalue weighted by atomic mass is 32.1. The number of carbonyl (C=O) groups excluding carboxylic acids is 1. The van der Waals surface area contributed by atoms with Crippen molar-refractivity contribution in [2.75, 3.05) is 20.6 Å². The summed E-state index contributed by atoms with van der Waals surface area (Å²) in [5, 5.41) is 9.47. The molecule has 1 unspecified atom stereocenters. The molecule has 1 N–H and O–H groups in total. The summed E-state index contributed by atoms with van der Waals surface area (Å²) in [6, 6.07) is 14.1. The first kappa shape index (κ1) is 17.4. The van der Waals surface area contributed by atoms with Gasteiger partial charge in [-0.05, 0) is 44.6 Å². The van der Waals surface area contributed by atoms with Crippen molar-refractivity contribution in [1.82, 2.24) is 20.0 Å². The fraction of sp³-hybridized carbons (Fsp3) is 0.263.